The van der Waals surface area contributed by atoms with Crippen LogP contribution in [0.15, 0.2) is 29.3 Å². The molecule has 1 aromatic carbocycles. The molecule has 3 heterocycles. The van der Waals surface area contributed by atoms with E-state index in [1.807, 2.05) is 12.1 Å². The first-order chi connectivity index (χ1) is 17.4. The molecule has 0 radical (unpaired) electrons. The van der Waals surface area contributed by atoms with E-state index >= 15 is 0 Å². The van der Waals surface area contributed by atoms with Gasteiger partial charge in [-0.15, -0.1) is 11.8 Å². The molecule has 0 saturated carbocycles. The van der Waals surface area contributed by atoms with Crippen molar-refractivity contribution in [3.8, 4) is 5.75 Å². The topological polar surface area (TPSA) is 106 Å². The van der Waals surface area contributed by atoms with Gasteiger partial charge in [0.05, 0.1) is 10.5 Å². The van der Waals surface area contributed by atoms with Gasteiger partial charge in [0.1, 0.15) is 5.75 Å². The lowest BCUT2D eigenvalue weighted by atomic mass is 9.95. The van der Waals surface area contributed by atoms with Crippen LogP contribution in [0.5, 0.6) is 5.75 Å². The number of hydrogen-bond donors (Lipinski definition) is 3. The number of aromatic amines is 1. The number of benzene rings is 1. The average molecular weight is 513 g/mol. The minimum absolute atomic E-state index is 0.0563. The fourth-order valence-corrected chi connectivity index (χ4v) is 5.83. The zero-order valence-corrected chi connectivity index (χ0v) is 22.0. The summed E-state index contributed by atoms with van der Waals surface area (Å²) in [4.78, 5) is 42.3. The van der Waals surface area contributed by atoms with Gasteiger partial charge >= 0.3 is 0 Å². The fourth-order valence-electron chi connectivity index (χ4n) is 5.13. The first-order valence-corrected chi connectivity index (χ1v) is 14.1. The second kappa shape index (κ2) is 12.0. The van der Waals surface area contributed by atoms with Crippen LogP contribution in [-0.4, -0.2) is 70.0 Å². The van der Waals surface area contributed by atoms with Crippen LogP contribution in [-0.2, 0) is 27.3 Å². The third-order valence-electron chi connectivity index (χ3n) is 7.16. The van der Waals surface area contributed by atoms with Crippen molar-refractivity contribution in [1.29, 1.82) is 0 Å². The second-order valence-electron chi connectivity index (χ2n) is 9.65. The highest BCUT2D eigenvalue weighted by atomic mass is 32.2. The number of nitrogens with zero attached hydrogens (tertiary/aromatic N) is 2. The number of phenolic OH excluding ortho intramolecular Hbond substituents is 1. The number of carbonyl (C=O) groups excluding carboxylic acids is 3. The number of imide groups is 1. The van der Waals surface area contributed by atoms with Crippen LogP contribution in [0.4, 0.5) is 0 Å². The Bertz CT molecular complexity index is 1130. The Hall–Kier alpha value is -2.78. The summed E-state index contributed by atoms with van der Waals surface area (Å²) in [6, 6.07) is 3.82. The largest absolute Gasteiger partial charge is 0.508 e. The Labute approximate surface area is 216 Å². The number of phenols is 1. The molecule has 0 aliphatic carbocycles. The third-order valence-corrected chi connectivity index (χ3v) is 7.92. The van der Waals surface area contributed by atoms with E-state index < -0.39 is 0 Å². The van der Waals surface area contributed by atoms with Gasteiger partial charge in [0, 0.05) is 62.2 Å². The molecule has 3 N–H and O–H groups in total. The maximum atomic E-state index is 12.1. The number of carbonyl (C=O) groups is 3. The SMILES string of the molecule is CCc1c(SC)[nH]c2c(CN3CC(CCNC(=O)CCCCCN4C(=O)C=CC4=O)C3)c(O)ccc12. The minimum Gasteiger partial charge on any atom is -0.508 e. The lowest BCUT2D eigenvalue weighted by Crippen LogP contribution is -2.47. The highest BCUT2D eigenvalue weighted by molar-refractivity contribution is 7.98. The number of fused-ring (bicyclic) bond motifs is 1. The van der Waals surface area contributed by atoms with Gasteiger partial charge in [-0.2, -0.15) is 0 Å². The van der Waals surface area contributed by atoms with Gasteiger partial charge in [-0.05, 0) is 55.6 Å². The molecule has 0 atom stereocenters. The standard InChI is InChI=1S/C27H36N4O4S/c1-3-19-20-8-9-22(32)21(26(20)29-27(19)36-2)17-30-15-18(16-30)12-13-28-23(33)7-5-4-6-14-31-24(34)10-11-25(31)35/h8-11,18,29,32H,3-7,12-17H2,1-2H3,(H,28,33). The quantitative estimate of drug-likeness (QED) is 0.215. The normalized spacial score (nSPS) is 16.3. The summed E-state index contributed by atoms with van der Waals surface area (Å²) in [6.45, 7) is 5.89. The molecule has 1 aromatic heterocycles. The third kappa shape index (κ3) is 5.95. The summed E-state index contributed by atoms with van der Waals surface area (Å²) in [5, 5.41) is 15.9. The predicted octanol–water partition coefficient (Wildman–Crippen LogP) is 3.58. The summed E-state index contributed by atoms with van der Waals surface area (Å²) in [7, 11) is 0. The van der Waals surface area contributed by atoms with Crippen molar-refractivity contribution in [2.24, 2.45) is 5.92 Å². The monoisotopic (exact) mass is 512 g/mol. The van der Waals surface area contributed by atoms with E-state index in [1.165, 1.54) is 33.0 Å². The van der Waals surface area contributed by atoms with Gasteiger partial charge < -0.3 is 15.4 Å². The highest BCUT2D eigenvalue weighted by Gasteiger charge is 2.28. The van der Waals surface area contributed by atoms with E-state index in [9.17, 15) is 19.5 Å². The van der Waals surface area contributed by atoms with Crippen LogP contribution in [0.25, 0.3) is 10.9 Å². The number of rotatable bonds is 13. The van der Waals surface area contributed by atoms with Gasteiger partial charge in [0.15, 0.2) is 0 Å². The Balaban J connectivity index is 1.12. The fraction of sp³-hybridized carbons (Fsp3) is 0.519. The summed E-state index contributed by atoms with van der Waals surface area (Å²) >= 11 is 1.71. The lowest BCUT2D eigenvalue weighted by Gasteiger charge is -2.39. The number of unbranched alkanes of at least 4 members (excludes halogenated alkanes) is 2. The van der Waals surface area contributed by atoms with E-state index in [1.54, 1.807) is 11.8 Å². The van der Waals surface area contributed by atoms with E-state index in [0.717, 1.165) is 49.9 Å². The molecule has 0 bridgehead atoms. The van der Waals surface area contributed by atoms with Crippen molar-refractivity contribution in [2.45, 2.75) is 57.0 Å². The van der Waals surface area contributed by atoms with Crippen molar-refractivity contribution in [2.75, 3.05) is 32.4 Å². The van der Waals surface area contributed by atoms with Crippen LogP contribution in [0.2, 0.25) is 0 Å². The minimum atomic E-state index is -0.249. The molecule has 9 heteroatoms. The van der Waals surface area contributed by atoms with Crippen LogP contribution in [0.3, 0.4) is 0 Å². The molecule has 8 nitrogen and oxygen atoms in total. The van der Waals surface area contributed by atoms with Gasteiger partial charge in [-0.3, -0.25) is 24.2 Å². The van der Waals surface area contributed by atoms with Crippen molar-refractivity contribution in [1.82, 2.24) is 20.1 Å². The molecular weight excluding hydrogens is 476 g/mol. The second-order valence-corrected chi connectivity index (χ2v) is 10.5. The number of likely N-dealkylation sites (tertiary alicyclic amines) is 1. The zero-order valence-electron chi connectivity index (χ0n) is 21.1. The predicted molar refractivity (Wildman–Crippen MR) is 142 cm³/mol. The number of aromatic hydroxyl groups is 1. The van der Waals surface area contributed by atoms with Crippen molar-refractivity contribution >= 4 is 40.4 Å². The Morgan fingerprint density at radius 1 is 1.14 bits per heavy atom. The van der Waals surface area contributed by atoms with Gasteiger partial charge in [-0.1, -0.05) is 13.3 Å². The molecule has 1 fully saturated rings. The molecule has 2 aliphatic rings. The first kappa shape index (κ1) is 26.3. The number of amides is 3. The van der Waals surface area contributed by atoms with Gasteiger partial charge in [-0.25, -0.2) is 0 Å². The molecule has 2 aliphatic heterocycles. The molecular formula is C27H36N4O4S. The number of thioether (sulfide) groups is 1. The number of aryl methyl sites for hydroxylation is 1. The van der Waals surface area contributed by atoms with Gasteiger partial charge in [0.25, 0.3) is 11.8 Å². The smallest absolute Gasteiger partial charge is 0.253 e. The maximum Gasteiger partial charge on any atom is 0.253 e. The summed E-state index contributed by atoms with van der Waals surface area (Å²) in [6.07, 6.45) is 9.31. The number of H-pyrrole nitrogens is 1. The molecule has 2 aromatic rings. The molecule has 36 heavy (non-hydrogen) atoms. The van der Waals surface area contributed by atoms with Crippen molar-refractivity contribution < 1.29 is 19.5 Å². The van der Waals surface area contributed by atoms with Crippen LogP contribution in [0, 0.1) is 5.92 Å². The van der Waals surface area contributed by atoms with E-state index in [-0.39, 0.29) is 17.7 Å². The van der Waals surface area contributed by atoms with Crippen molar-refractivity contribution in [3.63, 3.8) is 0 Å². The number of nitrogens with one attached hydrogen (secondary N) is 2. The molecule has 194 valence electrons. The summed E-state index contributed by atoms with van der Waals surface area (Å²) in [5.41, 5.74) is 3.32. The molecule has 1 saturated heterocycles. The van der Waals surface area contributed by atoms with Crippen LogP contribution < -0.4 is 5.32 Å². The van der Waals surface area contributed by atoms with E-state index in [2.05, 4.69) is 28.4 Å². The van der Waals surface area contributed by atoms with Crippen LogP contribution >= 0.6 is 11.8 Å². The Kier molecular flexibility index (Phi) is 8.74. The first-order valence-electron chi connectivity index (χ1n) is 12.8. The Morgan fingerprint density at radius 3 is 2.58 bits per heavy atom. The number of hydrogen-bond acceptors (Lipinski definition) is 6. The molecule has 0 spiro atoms. The lowest BCUT2D eigenvalue weighted by molar-refractivity contribution is -0.137. The van der Waals surface area contributed by atoms with Gasteiger partial charge in [0.2, 0.25) is 5.91 Å². The molecule has 3 amide bonds. The zero-order chi connectivity index (χ0) is 25.7. The average Bonchev–Trinajstić information content (AvgIpc) is 3.37. The molecule has 0 unspecified atom stereocenters. The van der Waals surface area contributed by atoms with E-state index in [4.69, 9.17) is 0 Å². The summed E-state index contributed by atoms with van der Waals surface area (Å²) < 4.78 is 0. The maximum absolute atomic E-state index is 12.1. The van der Waals surface area contributed by atoms with E-state index in [0.29, 0.717) is 44.1 Å². The number of aromatic nitrogens is 1. The highest BCUT2D eigenvalue weighted by Crippen LogP contribution is 2.36. The summed E-state index contributed by atoms with van der Waals surface area (Å²) in [5.74, 6) is 0.444. The molecule has 4 rings (SSSR count). The Morgan fingerprint density at radius 2 is 1.89 bits per heavy atom. The van der Waals surface area contributed by atoms with Crippen molar-refractivity contribution in [3.05, 3.63) is 35.4 Å². The van der Waals surface area contributed by atoms with Crippen LogP contribution in [0.1, 0.15) is 50.2 Å².